The van der Waals surface area contributed by atoms with E-state index < -0.39 is 0 Å². The van der Waals surface area contributed by atoms with E-state index in [9.17, 15) is 0 Å². The lowest BCUT2D eigenvalue weighted by molar-refractivity contribution is 0.434. The molecule has 1 aromatic carbocycles. The van der Waals surface area contributed by atoms with Crippen molar-refractivity contribution in [2.75, 3.05) is 12.0 Å². The van der Waals surface area contributed by atoms with Crippen LogP contribution in [0.3, 0.4) is 0 Å². The van der Waals surface area contributed by atoms with E-state index in [1.165, 1.54) is 4.90 Å². The first-order valence-corrected chi connectivity index (χ1v) is 7.22. The molecule has 0 fully saturated rings. The highest BCUT2D eigenvalue weighted by Crippen LogP contribution is 2.30. The second-order valence-electron chi connectivity index (χ2n) is 4.70. The molecule has 0 saturated heterocycles. The summed E-state index contributed by atoms with van der Waals surface area (Å²) in [5, 5.41) is 3.89. The lowest BCUT2D eigenvalue weighted by atomic mass is 10.00. The van der Waals surface area contributed by atoms with E-state index in [4.69, 9.17) is 10.3 Å². The number of benzene rings is 1. The van der Waals surface area contributed by atoms with Gasteiger partial charge in [-0.1, -0.05) is 31.1 Å². The van der Waals surface area contributed by atoms with Gasteiger partial charge >= 0.3 is 0 Å². The third kappa shape index (κ3) is 2.70. The summed E-state index contributed by atoms with van der Waals surface area (Å²) in [7, 11) is 0. The van der Waals surface area contributed by atoms with E-state index in [0.29, 0.717) is 11.7 Å². The molecule has 0 spiro atoms. The van der Waals surface area contributed by atoms with Gasteiger partial charge in [0.2, 0.25) is 0 Å². The zero-order valence-corrected chi connectivity index (χ0v) is 11.8. The fourth-order valence-electron chi connectivity index (χ4n) is 1.90. The second-order valence-corrected chi connectivity index (χ2v) is 5.58. The molecule has 0 atom stereocenters. The third-order valence-electron chi connectivity index (χ3n) is 2.78. The van der Waals surface area contributed by atoms with Crippen LogP contribution in [0.2, 0.25) is 0 Å². The van der Waals surface area contributed by atoms with Crippen molar-refractivity contribution in [1.82, 2.24) is 5.16 Å². The molecule has 0 aliphatic rings. The van der Waals surface area contributed by atoms with Gasteiger partial charge in [0.1, 0.15) is 0 Å². The quantitative estimate of drug-likeness (QED) is 0.850. The van der Waals surface area contributed by atoms with Gasteiger partial charge in [-0.2, -0.15) is 0 Å². The van der Waals surface area contributed by atoms with Crippen LogP contribution < -0.4 is 5.73 Å². The Balaban J connectivity index is 2.37. The Kier molecular flexibility index (Phi) is 3.97. The van der Waals surface area contributed by atoms with Crippen molar-refractivity contribution in [3.8, 4) is 11.3 Å². The van der Waals surface area contributed by atoms with Gasteiger partial charge in [-0.3, -0.25) is 0 Å². The van der Waals surface area contributed by atoms with E-state index in [-0.39, 0.29) is 0 Å². The van der Waals surface area contributed by atoms with Crippen LogP contribution in [-0.4, -0.2) is 11.4 Å². The number of nitrogens with two attached hydrogens (primary N) is 1. The Hall–Kier alpha value is -1.42. The number of hydrogen-bond donors (Lipinski definition) is 1. The van der Waals surface area contributed by atoms with Crippen LogP contribution >= 0.6 is 11.8 Å². The van der Waals surface area contributed by atoms with E-state index in [1.54, 1.807) is 11.8 Å². The first kappa shape index (κ1) is 13.0. The van der Waals surface area contributed by atoms with E-state index in [1.807, 2.05) is 0 Å². The van der Waals surface area contributed by atoms with Crippen LogP contribution in [0.4, 0.5) is 5.82 Å². The van der Waals surface area contributed by atoms with E-state index in [0.717, 1.165) is 23.3 Å². The summed E-state index contributed by atoms with van der Waals surface area (Å²) < 4.78 is 5.37. The van der Waals surface area contributed by atoms with Crippen LogP contribution in [-0.2, 0) is 6.42 Å². The first-order chi connectivity index (χ1) is 8.61. The summed E-state index contributed by atoms with van der Waals surface area (Å²) in [5.41, 5.74) is 7.92. The zero-order valence-electron chi connectivity index (χ0n) is 10.9. The molecule has 18 heavy (non-hydrogen) atoms. The van der Waals surface area contributed by atoms with Crippen LogP contribution in [0.25, 0.3) is 11.3 Å². The average Bonchev–Trinajstić information content (AvgIpc) is 2.71. The fourth-order valence-corrected chi connectivity index (χ4v) is 2.30. The molecule has 96 valence electrons. The normalized spacial score (nSPS) is 11.1. The lowest BCUT2D eigenvalue weighted by Crippen LogP contribution is -1.98. The molecule has 1 heterocycles. The number of rotatable bonds is 4. The molecular formula is C14H18N2OS. The summed E-state index contributed by atoms with van der Waals surface area (Å²) in [6, 6.07) is 8.26. The molecule has 0 bridgehead atoms. The Bertz CT molecular complexity index is 517. The van der Waals surface area contributed by atoms with Gasteiger partial charge in [0.25, 0.3) is 0 Å². The Morgan fingerprint density at radius 3 is 2.50 bits per heavy atom. The summed E-state index contributed by atoms with van der Waals surface area (Å²) in [5.74, 6) is 1.83. The van der Waals surface area contributed by atoms with Crippen molar-refractivity contribution in [2.45, 2.75) is 25.2 Å². The van der Waals surface area contributed by atoms with Gasteiger partial charge in [-0.15, -0.1) is 11.8 Å². The number of aromatic nitrogens is 1. The van der Waals surface area contributed by atoms with Gasteiger partial charge in [0, 0.05) is 16.0 Å². The largest absolute Gasteiger partial charge is 0.381 e. The van der Waals surface area contributed by atoms with Gasteiger partial charge in [0.15, 0.2) is 11.6 Å². The molecule has 0 aliphatic carbocycles. The van der Waals surface area contributed by atoms with Crippen molar-refractivity contribution in [2.24, 2.45) is 5.92 Å². The molecule has 2 rings (SSSR count). The third-order valence-corrected chi connectivity index (χ3v) is 3.53. The van der Waals surface area contributed by atoms with Crippen LogP contribution in [0.1, 0.15) is 19.4 Å². The van der Waals surface area contributed by atoms with E-state index in [2.05, 4.69) is 49.5 Å². The maximum atomic E-state index is 5.87. The molecule has 2 N–H and O–H groups in total. The van der Waals surface area contributed by atoms with Gasteiger partial charge in [0.05, 0.1) is 0 Å². The van der Waals surface area contributed by atoms with Crippen LogP contribution in [0, 0.1) is 5.92 Å². The summed E-state index contributed by atoms with van der Waals surface area (Å²) in [6.45, 7) is 4.32. The maximum absolute atomic E-state index is 5.87. The summed E-state index contributed by atoms with van der Waals surface area (Å²) in [6.07, 6.45) is 2.95. The molecule has 0 saturated carbocycles. The van der Waals surface area contributed by atoms with Gasteiger partial charge in [-0.05, 0) is 30.7 Å². The fraction of sp³-hybridized carbons (Fsp3) is 0.357. The molecule has 1 aromatic heterocycles. The van der Waals surface area contributed by atoms with Crippen molar-refractivity contribution >= 4 is 17.6 Å². The number of anilines is 1. The minimum absolute atomic E-state index is 0.507. The average molecular weight is 262 g/mol. The Morgan fingerprint density at radius 1 is 1.28 bits per heavy atom. The van der Waals surface area contributed by atoms with Crippen molar-refractivity contribution in [3.05, 3.63) is 29.8 Å². The number of hydrogen-bond acceptors (Lipinski definition) is 4. The molecule has 0 unspecified atom stereocenters. The second kappa shape index (κ2) is 5.48. The minimum Gasteiger partial charge on any atom is -0.381 e. The van der Waals surface area contributed by atoms with Crippen molar-refractivity contribution in [1.29, 1.82) is 0 Å². The number of nitrogen functional groups attached to an aromatic ring is 1. The number of nitrogens with zero attached hydrogens (tertiary/aromatic N) is 1. The molecular weight excluding hydrogens is 244 g/mol. The first-order valence-electron chi connectivity index (χ1n) is 6.00. The zero-order chi connectivity index (χ0) is 13.1. The van der Waals surface area contributed by atoms with E-state index >= 15 is 0 Å². The predicted molar refractivity (Wildman–Crippen MR) is 76.7 cm³/mol. The topological polar surface area (TPSA) is 52.0 Å². The predicted octanol–water partition coefficient (Wildman–Crippen LogP) is 3.84. The van der Waals surface area contributed by atoms with Gasteiger partial charge < -0.3 is 10.3 Å². The summed E-state index contributed by atoms with van der Waals surface area (Å²) >= 11 is 1.72. The molecule has 2 aromatic rings. The minimum atomic E-state index is 0.507. The smallest absolute Gasteiger partial charge is 0.172 e. The monoisotopic (exact) mass is 262 g/mol. The highest BCUT2D eigenvalue weighted by molar-refractivity contribution is 7.98. The van der Waals surface area contributed by atoms with Crippen LogP contribution in [0.5, 0.6) is 0 Å². The maximum Gasteiger partial charge on any atom is 0.172 e. The molecule has 3 nitrogen and oxygen atoms in total. The molecule has 0 radical (unpaired) electrons. The highest BCUT2D eigenvalue weighted by atomic mass is 32.2. The van der Waals surface area contributed by atoms with Crippen LogP contribution in [0.15, 0.2) is 33.7 Å². The molecule has 4 heteroatoms. The van der Waals surface area contributed by atoms with Gasteiger partial charge in [-0.25, -0.2) is 0 Å². The lowest BCUT2D eigenvalue weighted by Gasteiger charge is -2.05. The Labute approximate surface area is 112 Å². The SMILES string of the molecule is CSc1ccc(-c2onc(N)c2CC(C)C)cc1. The van der Waals surface area contributed by atoms with Crippen molar-refractivity contribution in [3.63, 3.8) is 0 Å². The molecule has 0 amide bonds. The highest BCUT2D eigenvalue weighted by Gasteiger charge is 2.16. The summed E-state index contributed by atoms with van der Waals surface area (Å²) in [4.78, 5) is 1.23. The standard InChI is InChI=1S/C14H18N2OS/c1-9(2)8-12-13(17-16-14(12)15)10-4-6-11(18-3)7-5-10/h4-7,9H,8H2,1-3H3,(H2,15,16). The Morgan fingerprint density at radius 2 is 1.94 bits per heavy atom. The van der Waals surface area contributed by atoms with Crippen molar-refractivity contribution < 1.29 is 4.52 Å². The number of thioether (sulfide) groups is 1. The molecule has 0 aliphatic heterocycles.